The van der Waals surface area contributed by atoms with Gasteiger partial charge in [0.05, 0.1) is 11.7 Å². The van der Waals surface area contributed by atoms with E-state index >= 15 is 0 Å². The maximum Gasteiger partial charge on any atom is 0.408 e. The molecule has 0 saturated carbocycles. The molecule has 1 rings (SSSR count). The largest absolute Gasteiger partial charge is 0.490 e. The first kappa shape index (κ1) is 19.0. The topological polar surface area (TPSA) is 97.8 Å². The number of alkyl carbamates (subject to hydrolysis) is 1. The number of hydrogen-bond donors (Lipinski definition) is 2. The number of amides is 1. The summed E-state index contributed by atoms with van der Waals surface area (Å²) in [5.74, 6) is -0.954. The molecule has 0 aromatic carbocycles. The molecule has 0 bridgehead atoms. The number of carbonyl (C=O) groups excluding carboxylic acids is 1. The SMILES string of the molecule is CC(C)(COc1cnc(Cl)c(C(=O)O)c1)NC(=O)OC(C)(C)C. The summed E-state index contributed by atoms with van der Waals surface area (Å²) >= 11 is 5.69. The Bertz CT molecular complexity index is 596. The van der Waals surface area contributed by atoms with Gasteiger partial charge in [0.2, 0.25) is 0 Å². The molecule has 2 N–H and O–H groups in total. The summed E-state index contributed by atoms with van der Waals surface area (Å²) in [6, 6.07) is 1.28. The summed E-state index contributed by atoms with van der Waals surface area (Å²) < 4.78 is 10.7. The minimum absolute atomic E-state index is 0.0919. The Morgan fingerprint density at radius 2 is 1.91 bits per heavy atom. The molecule has 1 aromatic rings. The molecule has 0 saturated heterocycles. The highest BCUT2D eigenvalue weighted by Crippen LogP contribution is 2.20. The van der Waals surface area contributed by atoms with Crippen molar-refractivity contribution in [2.45, 2.75) is 45.8 Å². The number of aromatic carboxylic acids is 1. The van der Waals surface area contributed by atoms with Crippen molar-refractivity contribution in [3.05, 3.63) is 23.0 Å². The van der Waals surface area contributed by atoms with Gasteiger partial charge in [0, 0.05) is 0 Å². The van der Waals surface area contributed by atoms with Crippen LogP contribution in [0.2, 0.25) is 5.15 Å². The Morgan fingerprint density at radius 1 is 1.30 bits per heavy atom. The Morgan fingerprint density at radius 3 is 2.43 bits per heavy atom. The van der Waals surface area contributed by atoms with Crippen LogP contribution in [-0.4, -0.2) is 39.9 Å². The number of rotatable bonds is 5. The molecule has 0 aliphatic carbocycles. The van der Waals surface area contributed by atoms with Gasteiger partial charge in [-0.25, -0.2) is 14.6 Å². The summed E-state index contributed by atoms with van der Waals surface area (Å²) in [4.78, 5) is 26.5. The van der Waals surface area contributed by atoms with Crippen LogP contribution in [0.5, 0.6) is 5.75 Å². The normalized spacial score (nSPS) is 11.7. The number of halogens is 1. The number of pyridine rings is 1. The second kappa shape index (κ2) is 7.04. The fourth-order valence-electron chi connectivity index (χ4n) is 1.54. The van der Waals surface area contributed by atoms with E-state index in [0.29, 0.717) is 0 Å². The number of carboxylic acid groups (broad SMARTS) is 1. The van der Waals surface area contributed by atoms with Crippen molar-refractivity contribution in [2.75, 3.05) is 6.61 Å². The molecule has 128 valence electrons. The highest BCUT2D eigenvalue weighted by Gasteiger charge is 2.25. The van der Waals surface area contributed by atoms with Crippen molar-refractivity contribution in [1.82, 2.24) is 10.3 Å². The number of ether oxygens (including phenoxy) is 2. The maximum atomic E-state index is 11.8. The lowest BCUT2D eigenvalue weighted by molar-refractivity contribution is 0.0441. The molecule has 0 aliphatic rings. The Hall–Kier alpha value is -2.02. The van der Waals surface area contributed by atoms with E-state index in [0.717, 1.165) is 0 Å². The van der Waals surface area contributed by atoms with Crippen molar-refractivity contribution in [3.63, 3.8) is 0 Å². The molecule has 0 aliphatic heterocycles. The highest BCUT2D eigenvalue weighted by molar-refractivity contribution is 6.32. The van der Waals surface area contributed by atoms with E-state index in [9.17, 15) is 9.59 Å². The van der Waals surface area contributed by atoms with Crippen LogP contribution >= 0.6 is 11.6 Å². The van der Waals surface area contributed by atoms with Gasteiger partial charge in [0.1, 0.15) is 28.7 Å². The molecule has 0 radical (unpaired) electrons. The molecule has 8 heteroatoms. The average molecular weight is 345 g/mol. The number of carbonyl (C=O) groups is 2. The van der Waals surface area contributed by atoms with Gasteiger partial charge in [-0.3, -0.25) is 0 Å². The van der Waals surface area contributed by atoms with Gasteiger partial charge in [0.15, 0.2) is 0 Å². The molecule has 1 aromatic heterocycles. The quantitative estimate of drug-likeness (QED) is 0.796. The first-order valence-corrected chi connectivity index (χ1v) is 7.30. The van der Waals surface area contributed by atoms with Gasteiger partial charge in [-0.1, -0.05) is 11.6 Å². The van der Waals surface area contributed by atoms with E-state index in [-0.39, 0.29) is 23.1 Å². The summed E-state index contributed by atoms with van der Waals surface area (Å²) in [6.45, 7) is 8.89. The third-order valence-electron chi connectivity index (χ3n) is 2.48. The minimum Gasteiger partial charge on any atom is -0.490 e. The van der Waals surface area contributed by atoms with Crippen LogP contribution in [0, 0.1) is 0 Å². The first-order valence-electron chi connectivity index (χ1n) is 6.92. The summed E-state index contributed by atoms with van der Waals surface area (Å²) in [5.41, 5.74) is -1.48. The summed E-state index contributed by atoms with van der Waals surface area (Å²) in [5, 5.41) is 11.6. The van der Waals surface area contributed by atoms with E-state index in [2.05, 4.69) is 10.3 Å². The van der Waals surface area contributed by atoms with Crippen LogP contribution in [0.3, 0.4) is 0 Å². The molecule has 0 fully saturated rings. The predicted molar refractivity (Wildman–Crippen MR) is 85.2 cm³/mol. The standard InChI is InChI=1S/C15H21ClN2O5/c1-14(2,3)23-13(21)18-15(4,5)8-22-9-6-10(12(19)20)11(16)17-7-9/h6-7H,8H2,1-5H3,(H,18,21)(H,19,20). The molecule has 23 heavy (non-hydrogen) atoms. The van der Waals surface area contributed by atoms with Crippen LogP contribution in [0.25, 0.3) is 0 Å². The van der Waals surface area contributed by atoms with Crippen LogP contribution in [0.15, 0.2) is 12.3 Å². The summed E-state index contributed by atoms with van der Waals surface area (Å²) in [6.07, 6.45) is 0.754. The van der Waals surface area contributed by atoms with E-state index in [4.69, 9.17) is 26.2 Å². The Labute approximate surface area is 139 Å². The lowest BCUT2D eigenvalue weighted by Gasteiger charge is -2.28. The molecule has 1 heterocycles. The van der Waals surface area contributed by atoms with Crippen LogP contribution < -0.4 is 10.1 Å². The number of nitrogens with one attached hydrogen (secondary N) is 1. The van der Waals surface area contributed by atoms with E-state index in [1.807, 2.05) is 0 Å². The van der Waals surface area contributed by atoms with Crippen LogP contribution in [0.1, 0.15) is 45.0 Å². The Kier molecular flexibility index (Phi) is 5.82. The Balaban J connectivity index is 2.67. The molecular formula is C15H21ClN2O5. The zero-order chi connectivity index (χ0) is 17.8. The zero-order valence-electron chi connectivity index (χ0n) is 13.8. The molecular weight excluding hydrogens is 324 g/mol. The fourth-order valence-corrected chi connectivity index (χ4v) is 1.72. The number of carboxylic acids is 1. The van der Waals surface area contributed by atoms with Gasteiger partial charge in [0.25, 0.3) is 0 Å². The van der Waals surface area contributed by atoms with Crippen molar-refractivity contribution >= 4 is 23.7 Å². The summed E-state index contributed by atoms with van der Waals surface area (Å²) in [7, 11) is 0. The number of aromatic nitrogens is 1. The lowest BCUT2D eigenvalue weighted by atomic mass is 10.1. The molecule has 7 nitrogen and oxygen atoms in total. The van der Waals surface area contributed by atoms with Crippen LogP contribution in [-0.2, 0) is 4.74 Å². The molecule has 0 spiro atoms. The zero-order valence-corrected chi connectivity index (χ0v) is 14.5. The van der Waals surface area contributed by atoms with E-state index < -0.39 is 23.2 Å². The van der Waals surface area contributed by atoms with Gasteiger partial charge in [-0.05, 0) is 40.7 Å². The molecule has 0 atom stereocenters. The van der Waals surface area contributed by atoms with Gasteiger partial charge in [-0.2, -0.15) is 0 Å². The third kappa shape index (κ3) is 6.73. The van der Waals surface area contributed by atoms with Crippen molar-refractivity contribution in [1.29, 1.82) is 0 Å². The van der Waals surface area contributed by atoms with E-state index in [1.54, 1.807) is 34.6 Å². The van der Waals surface area contributed by atoms with Crippen molar-refractivity contribution in [2.24, 2.45) is 0 Å². The third-order valence-corrected chi connectivity index (χ3v) is 2.78. The first-order chi connectivity index (χ1) is 10.4. The predicted octanol–water partition coefficient (Wildman–Crippen LogP) is 3.12. The molecule has 1 amide bonds. The maximum absolute atomic E-state index is 11.8. The minimum atomic E-state index is -1.20. The lowest BCUT2D eigenvalue weighted by Crippen LogP contribution is -2.49. The van der Waals surface area contributed by atoms with Crippen molar-refractivity contribution in [3.8, 4) is 5.75 Å². The van der Waals surface area contributed by atoms with Gasteiger partial charge in [-0.15, -0.1) is 0 Å². The molecule has 0 unspecified atom stereocenters. The second-order valence-corrected chi connectivity index (χ2v) is 6.97. The smallest absolute Gasteiger partial charge is 0.408 e. The average Bonchev–Trinajstić information content (AvgIpc) is 2.34. The number of hydrogen-bond acceptors (Lipinski definition) is 5. The fraction of sp³-hybridized carbons (Fsp3) is 0.533. The van der Waals surface area contributed by atoms with Gasteiger partial charge < -0.3 is 19.9 Å². The second-order valence-electron chi connectivity index (χ2n) is 6.61. The van der Waals surface area contributed by atoms with Gasteiger partial charge >= 0.3 is 12.1 Å². The highest BCUT2D eigenvalue weighted by atomic mass is 35.5. The number of nitrogens with zero attached hydrogens (tertiary/aromatic N) is 1. The van der Waals surface area contributed by atoms with E-state index in [1.165, 1.54) is 12.3 Å². The van der Waals surface area contributed by atoms with Crippen molar-refractivity contribution < 1.29 is 24.2 Å². The van der Waals surface area contributed by atoms with Crippen LogP contribution in [0.4, 0.5) is 4.79 Å². The monoisotopic (exact) mass is 344 g/mol.